The molecule has 1 atom stereocenters. The molecular weight excluding hydrogens is 176 g/mol. The van der Waals surface area contributed by atoms with Crippen molar-refractivity contribution in [3.63, 3.8) is 0 Å². The number of nitrogens with one attached hydrogen (secondary N) is 1. The monoisotopic (exact) mass is 190 g/mol. The first-order valence-electron chi connectivity index (χ1n) is 4.59. The fourth-order valence-electron chi connectivity index (χ4n) is 1.67. The van der Waals surface area contributed by atoms with E-state index in [9.17, 15) is 0 Å². The minimum Gasteiger partial charge on any atom is -0.353 e. The molecule has 4 nitrogen and oxygen atoms in total. The highest BCUT2D eigenvalue weighted by Gasteiger charge is 2.26. The summed E-state index contributed by atoms with van der Waals surface area (Å²) >= 11 is 0. The largest absolute Gasteiger partial charge is 0.353 e. The van der Waals surface area contributed by atoms with Gasteiger partial charge < -0.3 is 14.8 Å². The lowest BCUT2D eigenvalue weighted by Crippen LogP contribution is -2.29. The van der Waals surface area contributed by atoms with Crippen molar-refractivity contribution in [3.05, 3.63) is 43.3 Å². The summed E-state index contributed by atoms with van der Waals surface area (Å²) in [7, 11) is 2.03. The Labute approximate surface area is 83.5 Å². The van der Waals surface area contributed by atoms with Crippen molar-refractivity contribution in [2.45, 2.75) is 6.17 Å². The zero-order chi connectivity index (χ0) is 9.97. The van der Waals surface area contributed by atoms with Gasteiger partial charge in [0.25, 0.3) is 0 Å². The molecule has 0 amide bonds. The molecule has 1 aromatic rings. The summed E-state index contributed by atoms with van der Waals surface area (Å²) in [6, 6.07) is 0. The SMILES string of the molecule is C=CCN1C=CN(C)C1c1ncc[nH]1. The summed E-state index contributed by atoms with van der Waals surface area (Å²) in [5.41, 5.74) is 0. The average molecular weight is 190 g/mol. The Bertz CT molecular complexity index is 328. The van der Waals surface area contributed by atoms with E-state index in [-0.39, 0.29) is 6.17 Å². The summed E-state index contributed by atoms with van der Waals surface area (Å²) in [6.45, 7) is 4.57. The lowest BCUT2D eigenvalue weighted by Gasteiger charge is -2.27. The van der Waals surface area contributed by atoms with Crippen LogP contribution in [0.5, 0.6) is 0 Å². The fraction of sp³-hybridized carbons (Fsp3) is 0.300. The van der Waals surface area contributed by atoms with Gasteiger partial charge in [-0.1, -0.05) is 6.08 Å². The Morgan fingerprint density at radius 1 is 1.64 bits per heavy atom. The Balaban J connectivity index is 2.20. The molecule has 2 heterocycles. The number of nitrogens with zero attached hydrogens (tertiary/aromatic N) is 3. The summed E-state index contributed by atoms with van der Waals surface area (Å²) in [5, 5.41) is 0. The number of aromatic nitrogens is 2. The molecule has 1 N–H and O–H groups in total. The van der Waals surface area contributed by atoms with Gasteiger partial charge in [0.2, 0.25) is 0 Å². The number of hydrogen-bond acceptors (Lipinski definition) is 3. The van der Waals surface area contributed by atoms with Gasteiger partial charge in [0.15, 0.2) is 6.17 Å². The van der Waals surface area contributed by atoms with Crippen molar-refractivity contribution in [1.82, 2.24) is 19.8 Å². The van der Waals surface area contributed by atoms with Gasteiger partial charge >= 0.3 is 0 Å². The standard InChI is InChI=1S/C10H14N4/c1-3-6-14-8-7-13(2)10(14)9-11-4-5-12-9/h3-5,7-8,10H,1,6H2,2H3,(H,11,12). The van der Waals surface area contributed by atoms with Crippen LogP contribution in [-0.2, 0) is 0 Å². The minimum absolute atomic E-state index is 0.169. The van der Waals surface area contributed by atoms with Crippen LogP contribution in [0.15, 0.2) is 37.4 Å². The molecular formula is C10H14N4. The molecule has 0 saturated carbocycles. The normalized spacial score (nSPS) is 20.5. The maximum Gasteiger partial charge on any atom is 0.161 e. The quantitative estimate of drug-likeness (QED) is 0.730. The number of H-pyrrole nitrogens is 1. The van der Waals surface area contributed by atoms with E-state index >= 15 is 0 Å². The van der Waals surface area contributed by atoms with E-state index in [1.54, 1.807) is 6.20 Å². The topological polar surface area (TPSA) is 35.2 Å². The number of rotatable bonds is 3. The summed E-state index contributed by atoms with van der Waals surface area (Å²) < 4.78 is 0. The Hall–Kier alpha value is -1.71. The molecule has 74 valence electrons. The van der Waals surface area contributed by atoms with Crippen LogP contribution in [0.3, 0.4) is 0 Å². The van der Waals surface area contributed by atoms with Crippen molar-refractivity contribution in [2.75, 3.05) is 13.6 Å². The highest BCUT2D eigenvalue weighted by molar-refractivity contribution is 5.06. The molecule has 0 fully saturated rings. The smallest absolute Gasteiger partial charge is 0.161 e. The van der Waals surface area contributed by atoms with Gasteiger partial charge in [0.05, 0.1) is 0 Å². The van der Waals surface area contributed by atoms with E-state index in [0.717, 1.165) is 12.4 Å². The van der Waals surface area contributed by atoms with Gasteiger partial charge in [0.1, 0.15) is 5.82 Å². The van der Waals surface area contributed by atoms with Crippen LogP contribution in [0.25, 0.3) is 0 Å². The summed E-state index contributed by atoms with van der Waals surface area (Å²) in [4.78, 5) is 11.7. The molecule has 0 spiro atoms. The van der Waals surface area contributed by atoms with Crippen LogP contribution < -0.4 is 0 Å². The molecule has 1 aliphatic rings. The van der Waals surface area contributed by atoms with E-state index in [2.05, 4.69) is 32.5 Å². The molecule has 4 heteroatoms. The zero-order valence-corrected chi connectivity index (χ0v) is 8.22. The van der Waals surface area contributed by atoms with Crippen LogP contribution in [0.1, 0.15) is 12.0 Å². The zero-order valence-electron chi connectivity index (χ0n) is 8.22. The lowest BCUT2D eigenvalue weighted by molar-refractivity contribution is 0.183. The molecule has 14 heavy (non-hydrogen) atoms. The highest BCUT2D eigenvalue weighted by atomic mass is 15.4. The van der Waals surface area contributed by atoms with Crippen molar-refractivity contribution in [2.24, 2.45) is 0 Å². The number of imidazole rings is 1. The van der Waals surface area contributed by atoms with Crippen molar-refractivity contribution >= 4 is 0 Å². The predicted molar refractivity (Wildman–Crippen MR) is 55.1 cm³/mol. The van der Waals surface area contributed by atoms with Crippen LogP contribution in [0.4, 0.5) is 0 Å². The van der Waals surface area contributed by atoms with E-state index < -0.39 is 0 Å². The summed E-state index contributed by atoms with van der Waals surface area (Å²) in [5.74, 6) is 0.958. The Morgan fingerprint density at radius 3 is 3.14 bits per heavy atom. The number of hydrogen-bond donors (Lipinski definition) is 1. The molecule has 1 aromatic heterocycles. The van der Waals surface area contributed by atoms with Crippen LogP contribution in [0, 0.1) is 0 Å². The van der Waals surface area contributed by atoms with Gasteiger partial charge in [0, 0.05) is 38.4 Å². The summed E-state index contributed by atoms with van der Waals surface area (Å²) in [6.07, 6.45) is 9.76. The lowest BCUT2D eigenvalue weighted by atomic mass is 10.4. The Kier molecular flexibility index (Phi) is 2.26. The molecule has 0 saturated heterocycles. The second kappa shape index (κ2) is 3.57. The van der Waals surface area contributed by atoms with Gasteiger partial charge in [-0.3, -0.25) is 0 Å². The second-order valence-electron chi connectivity index (χ2n) is 3.30. The molecule has 1 aliphatic heterocycles. The van der Waals surface area contributed by atoms with Crippen molar-refractivity contribution in [3.8, 4) is 0 Å². The van der Waals surface area contributed by atoms with E-state index in [1.807, 2.05) is 25.5 Å². The van der Waals surface area contributed by atoms with Crippen molar-refractivity contribution < 1.29 is 0 Å². The van der Waals surface area contributed by atoms with E-state index in [1.165, 1.54) is 0 Å². The molecule has 0 bridgehead atoms. The number of aromatic amines is 1. The van der Waals surface area contributed by atoms with Crippen LogP contribution >= 0.6 is 0 Å². The first kappa shape index (κ1) is 8.87. The van der Waals surface area contributed by atoms with Gasteiger partial charge in [-0.05, 0) is 0 Å². The molecule has 2 rings (SSSR count). The van der Waals surface area contributed by atoms with E-state index in [0.29, 0.717) is 0 Å². The highest BCUT2D eigenvalue weighted by Crippen LogP contribution is 2.26. The van der Waals surface area contributed by atoms with Crippen molar-refractivity contribution in [1.29, 1.82) is 0 Å². The minimum atomic E-state index is 0.169. The van der Waals surface area contributed by atoms with Crippen LogP contribution in [-0.4, -0.2) is 33.4 Å². The van der Waals surface area contributed by atoms with Gasteiger partial charge in [-0.15, -0.1) is 6.58 Å². The van der Waals surface area contributed by atoms with Crippen LogP contribution in [0.2, 0.25) is 0 Å². The Morgan fingerprint density at radius 2 is 2.50 bits per heavy atom. The maximum atomic E-state index is 4.27. The third-order valence-corrected chi connectivity index (χ3v) is 2.30. The predicted octanol–water partition coefficient (Wildman–Crippen LogP) is 1.31. The van der Waals surface area contributed by atoms with Gasteiger partial charge in [-0.25, -0.2) is 4.98 Å². The molecule has 0 aromatic carbocycles. The second-order valence-corrected chi connectivity index (χ2v) is 3.30. The first-order valence-corrected chi connectivity index (χ1v) is 4.59. The fourth-order valence-corrected chi connectivity index (χ4v) is 1.67. The average Bonchev–Trinajstić information content (AvgIpc) is 2.76. The third kappa shape index (κ3) is 1.39. The molecule has 0 radical (unpaired) electrons. The molecule has 1 unspecified atom stereocenters. The first-order chi connectivity index (χ1) is 6.83. The van der Waals surface area contributed by atoms with E-state index in [4.69, 9.17) is 0 Å². The third-order valence-electron chi connectivity index (χ3n) is 2.30. The van der Waals surface area contributed by atoms with Gasteiger partial charge in [-0.2, -0.15) is 0 Å². The molecule has 0 aliphatic carbocycles. The maximum absolute atomic E-state index is 4.27.